The molecule has 136 valence electrons. The third-order valence-corrected chi connectivity index (χ3v) is 11.4. The highest BCUT2D eigenvalue weighted by Gasteiger charge is 2.53. The molecular weight excluding hydrogens is 307 g/mol. The molecule has 0 atom stereocenters. The highest BCUT2D eigenvalue weighted by Crippen LogP contribution is 2.28. The van der Waals surface area contributed by atoms with Gasteiger partial charge in [0, 0.05) is 0 Å². The average molecular weight is 346 g/mol. The predicted octanol–water partition coefficient (Wildman–Crippen LogP) is 4.41. The Hall–Kier alpha value is -0.578. The molecule has 0 radical (unpaired) electrons. The van der Waals surface area contributed by atoms with Crippen LogP contribution >= 0.6 is 0 Å². The highest BCUT2D eigenvalue weighted by molar-refractivity contribution is 7.35. The van der Waals surface area contributed by atoms with Gasteiger partial charge in [-0.25, -0.2) is 0 Å². The molecule has 0 bridgehead atoms. The summed E-state index contributed by atoms with van der Waals surface area (Å²) in [6, 6.07) is 13.4. The zero-order valence-corrected chi connectivity index (χ0v) is 18.7. The van der Waals surface area contributed by atoms with E-state index < -0.39 is 8.27 Å². The molecule has 2 nitrogen and oxygen atoms in total. The maximum atomic E-state index is 2.85. The molecule has 0 amide bonds. The Kier molecular flexibility index (Phi) is 7.77. The van der Waals surface area contributed by atoms with Crippen molar-refractivity contribution in [3.8, 4) is 0 Å². The van der Waals surface area contributed by atoms with Crippen LogP contribution in [0.3, 0.4) is 0 Å². The third kappa shape index (κ3) is 3.97. The van der Waals surface area contributed by atoms with Crippen molar-refractivity contribution in [2.24, 2.45) is 0 Å². The van der Waals surface area contributed by atoms with Crippen molar-refractivity contribution in [1.82, 2.24) is 9.13 Å². The molecule has 24 heavy (non-hydrogen) atoms. The molecule has 0 aliphatic rings. The highest BCUT2D eigenvalue weighted by atomic mass is 28.3. The normalized spacial score (nSPS) is 13.2. The summed E-state index contributed by atoms with van der Waals surface area (Å²) in [6.07, 6.45) is 0.606. The van der Waals surface area contributed by atoms with Gasteiger partial charge in [0.25, 0.3) is 0 Å². The van der Waals surface area contributed by atoms with Crippen LogP contribution in [0.1, 0.15) is 55.4 Å². The second-order valence-electron chi connectivity index (χ2n) is 8.44. The molecule has 0 heterocycles. The average Bonchev–Trinajstić information content (AvgIpc) is 2.45. The van der Waals surface area contributed by atoms with Crippen molar-refractivity contribution in [3.05, 3.63) is 30.3 Å². The van der Waals surface area contributed by atoms with Crippen LogP contribution in [0, 0.1) is 0 Å². The van der Waals surface area contributed by atoms with Crippen LogP contribution in [-0.2, 0) is 0 Å². The van der Waals surface area contributed by atoms with Gasteiger partial charge >= 0.3 is 0 Å². The van der Waals surface area contributed by atoms with Gasteiger partial charge in [-0.2, -0.15) is 0 Å². The molecule has 1 rings (SSSR count). The zero-order chi connectivity index (χ0) is 18.7. The zero-order valence-electron chi connectivity index (χ0n) is 17.7. The lowest BCUT2D eigenvalue weighted by atomic mass is 9.83. The maximum Gasteiger partial charge on any atom is 0.201 e. The molecule has 0 spiro atoms. The topological polar surface area (TPSA) is 6.48 Å². The number of hydrogen-bond acceptors (Lipinski definition) is 2. The number of rotatable bonds is 8. The van der Waals surface area contributed by atoms with Crippen LogP contribution in [0.15, 0.2) is 30.3 Å². The second-order valence-corrected chi connectivity index (χ2v) is 12.7. The van der Waals surface area contributed by atoms with Crippen molar-refractivity contribution in [3.63, 3.8) is 0 Å². The fraction of sp³-hybridized carbons (Fsp3) is 0.700. The summed E-state index contributed by atoms with van der Waals surface area (Å²) >= 11 is 0. The first-order valence-corrected chi connectivity index (χ1v) is 11.7. The molecule has 0 saturated carbocycles. The van der Waals surface area contributed by atoms with Crippen LogP contribution in [0.25, 0.3) is 0 Å². The Morgan fingerprint density at radius 2 is 1.00 bits per heavy atom. The second kappa shape index (κ2) is 8.68. The number of benzene rings is 1. The minimum Gasteiger partial charge on any atom is -0.309 e. The van der Waals surface area contributed by atoms with E-state index in [9.17, 15) is 0 Å². The maximum absolute atomic E-state index is 2.85. The van der Waals surface area contributed by atoms with Gasteiger partial charge in [-0.15, -0.1) is 0 Å². The van der Waals surface area contributed by atoms with Gasteiger partial charge < -0.3 is 9.13 Å². The van der Waals surface area contributed by atoms with Crippen molar-refractivity contribution in [2.45, 2.75) is 93.2 Å². The van der Waals surface area contributed by atoms with Gasteiger partial charge in [0.2, 0.25) is 8.27 Å². The van der Waals surface area contributed by atoms with Crippen LogP contribution in [-0.4, -0.2) is 47.9 Å². The first-order valence-electron chi connectivity index (χ1n) is 9.70. The quantitative estimate of drug-likeness (QED) is 0.644. The van der Waals surface area contributed by atoms with E-state index in [2.05, 4.69) is 108 Å². The Morgan fingerprint density at radius 1 is 0.667 bits per heavy atom. The monoisotopic (exact) mass is 346 g/mol. The Balaban J connectivity index is 3.82. The Bertz CT molecular complexity index is 450. The summed E-state index contributed by atoms with van der Waals surface area (Å²) in [7, 11) is -2.09. The summed E-state index contributed by atoms with van der Waals surface area (Å²) in [5, 5.41) is 1.55. The van der Waals surface area contributed by atoms with E-state index in [1.807, 2.05) is 0 Å². The van der Waals surface area contributed by atoms with E-state index in [1.165, 1.54) is 0 Å². The van der Waals surface area contributed by atoms with Gasteiger partial charge in [-0.05, 0) is 29.4 Å². The summed E-state index contributed by atoms with van der Waals surface area (Å²) in [5.41, 5.74) is 0. The van der Waals surface area contributed by atoms with Crippen LogP contribution < -0.4 is 5.19 Å². The molecule has 1 aromatic rings. The lowest BCUT2D eigenvalue weighted by molar-refractivity contribution is 0.221. The largest absolute Gasteiger partial charge is 0.309 e. The molecular formula is C20H39BN2Si. The van der Waals surface area contributed by atoms with Crippen molar-refractivity contribution in [2.75, 3.05) is 0 Å². The molecule has 0 N–H and O–H groups in total. The van der Waals surface area contributed by atoms with Gasteiger partial charge in [0.05, 0.1) is 0 Å². The van der Waals surface area contributed by atoms with E-state index >= 15 is 0 Å². The first kappa shape index (κ1) is 21.5. The summed E-state index contributed by atoms with van der Waals surface area (Å²) < 4.78 is 5.71. The molecule has 0 unspecified atom stereocenters. The van der Waals surface area contributed by atoms with E-state index in [-0.39, 0.29) is 0 Å². The van der Waals surface area contributed by atoms with Gasteiger partial charge in [0.15, 0.2) is 6.31 Å². The van der Waals surface area contributed by atoms with Crippen LogP contribution in [0.2, 0.25) is 13.6 Å². The molecule has 0 fully saturated rings. The van der Waals surface area contributed by atoms with E-state index in [0.29, 0.717) is 30.5 Å². The van der Waals surface area contributed by atoms with E-state index in [0.717, 1.165) is 0 Å². The van der Waals surface area contributed by atoms with Crippen LogP contribution in [0.4, 0.5) is 0 Å². The smallest absolute Gasteiger partial charge is 0.201 e. The minimum absolute atomic E-state index is 0.527. The molecule has 1 aromatic carbocycles. The molecule has 4 heteroatoms. The lowest BCUT2D eigenvalue weighted by Gasteiger charge is -2.57. The summed E-state index contributed by atoms with van der Waals surface area (Å²) in [4.78, 5) is 0. The SMILES string of the molecule is CB(C)[Si](c1ccccc1)(N(C(C)C)C(C)C)N(C(C)C)C(C)C. The van der Waals surface area contributed by atoms with Crippen LogP contribution in [0.5, 0.6) is 0 Å². The fourth-order valence-corrected chi connectivity index (χ4v) is 11.4. The predicted molar refractivity (Wildman–Crippen MR) is 114 cm³/mol. The third-order valence-electron chi connectivity index (χ3n) is 5.02. The van der Waals surface area contributed by atoms with Gasteiger partial charge in [-0.3, -0.25) is 0 Å². The van der Waals surface area contributed by atoms with Crippen molar-refractivity contribution >= 4 is 19.8 Å². The summed E-state index contributed by atoms with van der Waals surface area (Å²) in [6.45, 7) is 23.8. The lowest BCUT2D eigenvalue weighted by Crippen LogP contribution is -2.83. The fourth-order valence-electron chi connectivity index (χ4n) is 4.81. The van der Waals surface area contributed by atoms with Crippen molar-refractivity contribution < 1.29 is 0 Å². The molecule has 0 saturated heterocycles. The number of hydrogen-bond donors (Lipinski definition) is 0. The Morgan fingerprint density at radius 3 is 1.25 bits per heavy atom. The van der Waals surface area contributed by atoms with Gasteiger partial charge in [-0.1, -0.05) is 99.4 Å². The van der Waals surface area contributed by atoms with E-state index in [4.69, 9.17) is 0 Å². The Labute approximate surface area is 152 Å². The standard InChI is InChI=1S/C20H39BN2Si/c1-16(2)22(17(3)4)24(21(9)10,20-14-12-11-13-15-20)23(18(5)6)19(7)8/h11-19H,1-10H3. The van der Waals surface area contributed by atoms with Crippen molar-refractivity contribution in [1.29, 1.82) is 0 Å². The number of nitrogens with zero attached hydrogens (tertiary/aromatic N) is 2. The van der Waals surface area contributed by atoms with Gasteiger partial charge in [0.1, 0.15) is 0 Å². The molecule has 0 aromatic heterocycles. The molecule has 0 aliphatic heterocycles. The van der Waals surface area contributed by atoms with E-state index in [1.54, 1.807) is 5.19 Å². The molecule has 0 aliphatic carbocycles. The minimum atomic E-state index is -2.09. The summed E-state index contributed by atoms with van der Waals surface area (Å²) in [5.74, 6) is 0. The first-order chi connectivity index (χ1) is 11.1.